The van der Waals surface area contributed by atoms with E-state index < -0.39 is 9.84 Å². The number of amides is 1. The third kappa shape index (κ3) is 5.06. The Morgan fingerprint density at radius 3 is 2.36 bits per heavy atom. The fourth-order valence-electron chi connectivity index (χ4n) is 2.54. The van der Waals surface area contributed by atoms with E-state index in [9.17, 15) is 13.2 Å². The fraction of sp³-hybridized carbons (Fsp3) is 0.316. The average Bonchev–Trinajstić information content (AvgIpc) is 2.55. The van der Waals surface area contributed by atoms with Crippen molar-refractivity contribution < 1.29 is 17.9 Å². The van der Waals surface area contributed by atoms with E-state index in [0.717, 1.165) is 22.4 Å². The molecule has 6 heteroatoms. The second kappa shape index (κ2) is 7.70. The van der Waals surface area contributed by atoms with Crippen LogP contribution in [-0.4, -0.2) is 27.7 Å². The van der Waals surface area contributed by atoms with Gasteiger partial charge in [-0.1, -0.05) is 24.3 Å². The van der Waals surface area contributed by atoms with Gasteiger partial charge >= 0.3 is 0 Å². The number of ether oxygens (including phenoxy) is 1. The Balaban J connectivity index is 2.02. The van der Waals surface area contributed by atoms with Gasteiger partial charge in [0.05, 0.1) is 24.5 Å². The number of methoxy groups -OCH3 is 1. The number of aryl methyl sites for hydroxylation is 1. The van der Waals surface area contributed by atoms with Crippen LogP contribution in [0.3, 0.4) is 0 Å². The van der Waals surface area contributed by atoms with Crippen molar-refractivity contribution in [3.63, 3.8) is 0 Å². The van der Waals surface area contributed by atoms with Crippen molar-refractivity contribution >= 4 is 15.7 Å². The van der Waals surface area contributed by atoms with E-state index in [0.29, 0.717) is 0 Å². The van der Waals surface area contributed by atoms with Gasteiger partial charge in [-0.2, -0.15) is 0 Å². The molecule has 0 heterocycles. The predicted molar refractivity (Wildman–Crippen MR) is 97.5 cm³/mol. The summed E-state index contributed by atoms with van der Waals surface area (Å²) in [6.45, 7) is 3.81. The maximum atomic E-state index is 12.3. The molecule has 0 aromatic heterocycles. The quantitative estimate of drug-likeness (QED) is 0.859. The van der Waals surface area contributed by atoms with Crippen molar-refractivity contribution in [2.75, 3.05) is 13.4 Å². The lowest BCUT2D eigenvalue weighted by Crippen LogP contribution is -2.28. The van der Waals surface area contributed by atoms with Gasteiger partial charge in [0, 0.05) is 6.26 Å². The van der Waals surface area contributed by atoms with Gasteiger partial charge in [0.1, 0.15) is 5.75 Å². The SMILES string of the molecule is COc1cc(CC(=O)N[C@@H](C)c2ccc(S(C)(=O)=O)cc2)ccc1C. The zero-order valence-corrected chi connectivity index (χ0v) is 15.7. The highest BCUT2D eigenvalue weighted by Gasteiger charge is 2.13. The van der Waals surface area contributed by atoms with Crippen LogP contribution >= 0.6 is 0 Å². The molecule has 2 aromatic rings. The number of rotatable bonds is 6. The summed E-state index contributed by atoms with van der Waals surface area (Å²) in [6, 6.07) is 12.0. The Bertz CT molecular complexity index is 857. The normalized spacial score (nSPS) is 12.5. The predicted octanol–water partition coefficient (Wildman–Crippen LogP) is 2.83. The van der Waals surface area contributed by atoms with Gasteiger partial charge < -0.3 is 10.1 Å². The number of carbonyl (C=O) groups excluding carboxylic acids is 1. The first kappa shape index (κ1) is 19.0. The summed E-state index contributed by atoms with van der Waals surface area (Å²) >= 11 is 0. The van der Waals surface area contributed by atoms with Crippen molar-refractivity contribution in [1.82, 2.24) is 5.32 Å². The lowest BCUT2D eigenvalue weighted by atomic mass is 10.1. The summed E-state index contributed by atoms with van der Waals surface area (Å²) in [7, 11) is -1.61. The highest BCUT2D eigenvalue weighted by Crippen LogP contribution is 2.20. The molecular formula is C19H23NO4S. The Morgan fingerprint density at radius 2 is 1.80 bits per heavy atom. The molecule has 0 aliphatic rings. The average molecular weight is 361 g/mol. The molecule has 0 fully saturated rings. The van der Waals surface area contributed by atoms with Crippen LogP contribution in [0, 0.1) is 6.92 Å². The van der Waals surface area contributed by atoms with E-state index in [2.05, 4.69) is 5.32 Å². The molecule has 1 N–H and O–H groups in total. The minimum Gasteiger partial charge on any atom is -0.496 e. The van der Waals surface area contributed by atoms with Crippen molar-refractivity contribution in [2.45, 2.75) is 31.2 Å². The molecule has 0 aliphatic carbocycles. The van der Waals surface area contributed by atoms with Gasteiger partial charge in [0.15, 0.2) is 9.84 Å². The van der Waals surface area contributed by atoms with Crippen molar-refractivity contribution in [1.29, 1.82) is 0 Å². The maximum absolute atomic E-state index is 12.3. The number of carbonyl (C=O) groups is 1. The van der Waals surface area contributed by atoms with E-state index in [4.69, 9.17) is 4.74 Å². The molecule has 25 heavy (non-hydrogen) atoms. The number of nitrogens with one attached hydrogen (secondary N) is 1. The Kier molecular flexibility index (Phi) is 5.85. The monoisotopic (exact) mass is 361 g/mol. The molecule has 2 aromatic carbocycles. The van der Waals surface area contributed by atoms with Crippen LogP contribution < -0.4 is 10.1 Å². The van der Waals surface area contributed by atoms with Crippen LogP contribution in [0.25, 0.3) is 0 Å². The second-order valence-electron chi connectivity index (χ2n) is 6.11. The molecule has 0 spiro atoms. The van der Waals surface area contributed by atoms with E-state index in [1.54, 1.807) is 31.4 Å². The number of hydrogen-bond acceptors (Lipinski definition) is 4. The van der Waals surface area contributed by atoms with Crippen molar-refractivity contribution in [3.05, 3.63) is 59.2 Å². The molecule has 0 unspecified atom stereocenters. The van der Waals surface area contributed by atoms with Gasteiger partial charge in [-0.05, 0) is 48.7 Å². The van der Waals surface area contributed by atoms with E-state index in [1.165, 1.54) is 6.26 Å². The highest BCUT2D eigenvalue weighted by atomic mass is 32.2. The molecule has 0 radical (unpaired) electrons. The third-order valence-corrected chi connectivity index (χ3v) is 5.15. The standard InChI is InChI=1S/C19H23NO4S/c1-13-5-6-15(11-18(13)24-3)12-19(21)20-14(2)16-7-9-17(10-8-16)25(4,22)23/h5-11,14H,12H2,1-4H3,(H,20,21)/t14-/m0/s1. The first-order valence-corrected chi connectivity index (χ1v) is 9.82. The zero-order valence-electron chi connectivity index (χ0n) is 14.9. The van der Waals surface area contributed by atoms with Gasteiger partial charge in [0.2, 0.25) is 5.91 Å². The number of sulfone groups is 1. The summed E-state index contributed by atoms with van der Waals surface area (Å²) in [5.74, 6) is 0.653. The van der Waals surface area contributed by atoms with Gasteiger partial charge in [-0.15, -0.1) is 0 Å². The molecule has 1 amide bonds. The lowest BCUT2D eigenvalue weighted by Gasteiger charge is -2.15. The third-order valence-electron chi connectivity index (χ3n) is 4.02. The summed E-state index contributed by atoms with van der Waals surface area (Å²) in [5, 5.41) is 2.93. The molecule has 5 nitrogen and oxygen atoms in total. The topological polar surface area (TPSA) is 72.5 Å². The van der Waals surface area contributed by atoms with Crippen LogP contribution in [0.1, 0.15) is 29.7 Å². The molecule has 134 valence electrons. The molecule has 2 rings (SSSR count). The minimum atomic E-state index is -3.22. The van der Waals surface area contributed by atoms with Crippen LogP contribution in [0.4, 0.5) is 0 Å². The summed E-state index contributed by atoms with van der Waals surface area (Å²) in [4.78, 5) is 12.5. The number of hydrogen-bond donors (Lipinski definition) is 1. The second-order valence-corrected chi connectivity index (χ2v) is 8.13. The molecule has 0 aliphatic heterocycles. The maximum Gasteiger partial charge on any atom is 0.224 e. The Morgan fingerprint density at radius 1 is 1.16 bits per heavy atom. The summed E-state index contributed by atoms with van der Waals surface area (Å²) < 4.78 is 28.3. The van der Waals surface area contributed by atoms with Crippen LogP contribution in [0.2, 0.25) is 0 Å². The van der Waals surface area contributed by atoms with E-state index in [-0.39, 0.29) is 23.3 Å². The first-order valence-electron chi connectivity index (χ1n) is 7.93. The summed E-state index contributed by atoms with van der Waals surface area (Å²) in [5.41, 5.74) is 2.74. The minimum absolute atomic E-state index is 0.106. The highest BCUT2D eigenvalue weighted by molar-refractivity contribution is 7.90. The zero-order chi connectivity index (χ0) is 18.6. The fourth-order valence-corrected chi connectivity index (χ4v) is 3.17. The van der Waals surface area contributed by atoms with Crippen LogP contribution in [0.15, 0.2) is 47.4 Å². The Hall–Kier alpha value is -2.34. The van der Waals surface area contributed by atoms with E-state index in [1.807, 2.05) is 32.0 Å². The van der Waals surface area contributed by atoms with Crippen molar-refractivity contribution in [2.24, 2.45) is 0 Å². The molecule has 0 saturated carbocycles. The first-order chi connectivity index (χ1) is 11.7. The van der Waals surface area contributed by atoms with Gasteiger partial charge in [-0.3, -0.25) is 4.79 Å². The van der Waals surface area contributed by atoms with Crippen molar-refractivity contribution in [3.8, 4) is 5.75 Å². The molecule has 0 saturated heterocycles. The number of benzene rings is 2. The molecule has 0 bridgehead atoms. The van der Waals surface area contributed by atoms with E-state index >= 15 is 0 Å². The Labute approximate surface area is 148 Å². The van der Waals surface area contributed by atoms with Crippen LogP contribution in [0.5, 0.6) is 5.75 Å². The summed E-state index contributed by atoms with van der Waals surface area (Å²) in [6.07, 6.45) is 1.42. The van der Waals surface area contributed by atoms with Crippen LogP contribution in [-0.2, 0) is 21.1 Å². The largest absolute Gasteiger partial charge is 0.496 e. The molecule has 1 atom stereocenters. The van der Waals surface area contributed by atoms with Gasteiger partial charge in [-0.25, -0.2) is 8.42 Å². The smallest absolute Gasteiger partial charge is 0.224 e. The molecular weight excluding hydrogens is 338 g/mol. The van der Waals surface area contributed by atoms with Gasteiger partial charge in [0.25, 0.3) is 0 Å². The lowest BCUT2D eigenvalue weighted by molar-refractivity contribution is -0.121.